The SMILES string of the molecule is CC(Cl)c1ccccc1NC(=O)Cc1ccccc1O. The van der Waals surface area contributed by atoms with E-state index in [9.17, 15) is 9.90 Å². The second kappa shape index (κ2) is 6.44. The number of nitrogens with one attached hydrogen (secondary N) is 1. The van der Waals surface area contributed by atoms with Gasteiger partial charge in [0.2, 0.25) is 5.91 Å². The molecular formula is C16H16ClNO2. The Hall–Kier alpha value is -2.00. The molecule has 2 rings (SSSR count). The quantitative estimate of drug-likeness (QED) is 0.839. The van der Waals surface area contributed by atoms with Gasteiger partial charge in [-0.1, -0.05) is 36.4 Å². The van der Waals surface area contributed by atoms with Gasteiger partial charge in [0.25, 0.3) is 0 Å². The molecule has 20 heavy (non-hydrogen) atoms. The van der Waals surface area contributed by atoms with E-state index in [1.165, 1.54) is 0 Å². The molecule has 0 spiro atoms. The van der Waals surface area contributed by atoms with Crippen LogP contribution in [0, 0.1) is 0 Å². The molecular weight excluding hydrogens is 274 g/mol. The molecule has 2 aromatic carbocycles. The maximum atomic E-state index is 12.0. The average molecular weight is 290 g/mol. The van der Waals surface area contributed by atoms with Gasteiger partial charge in [-0.15, -0.1) is 11.6 Å². The van der Waals surface area contributed by atoms with Gasteiger partial charge in [-0.05, 0) is 24.6 Å². The monoisotopic (exact) mass is 289 g/mol. The molecule has 0 saturated heterocycles. The third-order valence-corrected chi connectivity index (χ3v) is 3.24. The lowest BCUT2D eigenvalue weighted by molar-refractivity contribution is -0.115. The highest BCUT2D eigenvalue weighted by molar-refractivity contribution is 6.21. The molecule has 0 bridgehead atoms. The van der Waals surface area contributed by atoms with Gasteiger partial charge in [0.05, 0.1) is 11.8 Å². The summed E-state index contributed by atoms with van der Waals surface area (Å²) in [5.74, 6) is -0.0575. The van der Waals surface area contributed by atoms with E-state index < -0.39 is 0 Å². The Morgan fingerprint density at radius 2 is 1.85 bits per heavy atom. The molecule has 1 amide bonds. The standard InChI is InChI=1S/C16H16ClNO2/c1-11(17)13-7-3-4-8-14(13)18-16(20)10-12-6-2-5-9-15(12)19/h2-9,11,19H,10H2,1H3,(H,18,20). The van der Waals surface area contributed by atoms with E-state index in [1.54, 1.807) is 24.3 Å². The maximum Gasteiger partial charge on any atom is 0.228 e. The Kier molecular flexibility index (Phi) is 4.64. The van der Waals surface area contributed by atoms with Crippen LogP contribution in [0.5, 0.6) is 5.75 Å². The van der Waals surface area contributed by atoms with Gasteiger partial charge in [0, 0.05) is 11.3 Å². The molecule has 0 aliphatic carbocycles. The van der Waals surface area contributed by atoms with Gasteiger partial charge in [-0.3, -0.25) is 4.79 Å². The second-order valence-electron chi connectivity index (χ2n) is 4.56. The molecule has 0 aromatic heterocycles. The maximum absolute atomic E-state index is 12.0. The average Bonchev–Trinajstić information content (AvgIpc) is 2.41. The van der Waals surface area contributed by atoms with Gasteiger partial charge in [-0.2, -0.15) is 0 Å². The van der Waals surface area contributed by atoms with Crippen molar-refractivity contribution in [3.63, 3.8) is 0 Å². The lowest BCUT2D eigenvalue weighted by Crippen LogP contribution is -2.15. The van der Waals surface area contributed by atoms with Crippen LogP contribution < -0.4 is 5.32 Å². The third kappa shape index (κ3) is 3.52. The van der Waals surface area contributed by atoms with E-state index >= 15 is 0 Å². The minimum atomic E-state index is -0.184. The molecule has 0 saturated carbocycles. The lowest BCUT2D eigenvalue weighted by atomic mass is 10.1. The normalized spacial score (nSPS) is 11.9. The fourth-order valence-electron chi connectivity index (χ4n) is 1.99. The summed E-state index contributed by atoms with van der Waals surface area (Å²) in [6, 6.07) is 14.2. The number of carbonyl (C=O) groups is 1. The fourth-order valence-corrected chi connectivity index (χ4v) is 2.18. The van der Waals surface area contributed by atoms with Crippen LogP contribution >= 0.6 is 11.6 Å². The van der Waals surface area contributed by atoms with E-state index in [0.717, 1.165) is 5.56 Å². The summed E-state index contributed by atoms with van der Waals surface area (Å²) in [5.41, 5.74) is 2.18. The number of benzene rings is 2. The number of hydrogen-bond donors (Lipinski definition) is 2. The minimum absolute atomic E-state index is 0.123. The summed E-state index contributed by atoms with van der Waals surface area (Å²) < 4.78 is 0. The van der Waals surface area contributed by atoms with Crippen molar-refractivity contribution in [3.05, 3.63) is 59.7 Å². The van der Waals surface area contributed by atoms with Gasteiger partial charge < -0.3 is 10.4 Å². The molecule has 0 fully saturated rings. The third-order valence-electron chi connectivity index (χ3n) is 3.01. The Labute approximate surface area is 123 Å². The zero-order valence-corrected chi connectivity index (χ0v) is 11.9. The molecule has 104 valence electrons. The molecule has 3 nitrogen and oxygen atoms in total. The number of amides is 1. The van der Waals surface area contributed by atoms with E-state index in [2.05, 4.69) is 5.32 Å². The highest BCUT2D eigenvalue weighted by Crippen LogP contribution is 2.27. The number of aromatic hydroxyl groups is 1. The molecule has 0 heterocycles. The summed E-state index contributed by atoms with van der Waals surface area (Å²) >= 11 is 6.09. The van der Waals surface area contributed by atoms with E-state index in [-0.39, 0.29) is 23.5 Å². The molecule has 0 radical (unpaired) electrons. The van der Waals surface area contributed by atoms with E-state index in [1.807, 2.05) is 31.2 Å². The smallest absolute Gasteiger partial charge is 0.228 e. The Morgan fingerprint density at radius 1 is 1.20 bits per heavy atom. The van der Waals surface area contributed by atoms with Crippen molar-refractivity contribution in [1.82, 2.24) is 0 Å². The molecule has 1 unspecified atom stereocenters. The van der Waals surface area contributed by atoms with Crippen molar-refractivity contribution >= 4 is 23.2 Å². The Bertz CT molecular complexity index is 611. The van der Waals surface area contributed by atoms with Crippen LogP contribution in [0.15, 0.2) is 48.5 Å². The number of para-hydroxylation sites is 2. The number of carbonyl (C=O) groups excluding carboxylic acids is 1. The van der Waals surface area contributed by atoms with Crippen molar-refractivity contribution in [1.29, 1.82) is 0 Å². The Morgan fingerprint density at radius 3 is 2.55 bits per heavy atom. The summed E-state index contributed by atoms with van der Waals surface area (Å²) in [4.78, 5) is 12.0. The first-order valence-electron chi connectivity index (χ1n) is 6.37. The summed E-state index contributed by atoms with van der Waals surface area (Å²) in [7, 11) is 0. The van der Waals surface area contributed by atoms with Crippen LogP contribution in [0.4, 0.5) is 5.69 Å². The van der Waals surface area contributed by atoms with E-state index in [4.69, 9.17) is 11.6 Å². The van der Waals surface area contributed by atoms with Crippen LogP contribution in [0.25, 0.3) is 0 Å². The summed E-state index contributed by atoms with van der Waals surface area (Å²) in [5, 5.41) is 12.3. The topological polar surface area (TPSA) is 49.3 Å². The van der Waals surface area contributed by atoms with Gasteiger partial charge in [0.15, 0.2) is 0 Å². The van der Waals surface area contributed by atoms with Crippen molar-refractivity contribution in [3.8, 4) is 5.75 Å². The highest BCUT2D eigenvalue weighted by Gasteiger charge is 2.11. The number of anilines is 1. The molecule has 2 aromatic rings. The molecule has 4 heteroatoms. The van der Waals surface area contributed by atoms with Crippen LogP contribution in [-0.4, -0.2) is 11.0 Å². The molecule has 1 atom stereocenters. The largest absolute Gasteiger partial charge is 0.508 e. The van der Waals surface area contributed by atoms with Crippen LogP contribution in [0.1, 0.15) is 23.4 Å². The molecule has 0 aliphatic heterocycles. The first-order valence-corrected chi connectivity index (χ1v) is 6.81. The van der Waals surface area contributed by atoms with Crippen molar-refractivity contribution in [2.24, 2.45) is 0 Å². The number of phenolic OH excluding ortho intramolecular Hbond substituents is 1. The zero-order valence-electron chi connectivity index (χ0n) is 11.1. The number of rotatable bonds is 4. The summed E-state index contributed by atoms with van der Waals surface area (Å²) in [6.45, 7) is 1.86. The number of hydrogen-bond acceptors (Lipinski definition) is 2. The number of halogens is 1. The molecule has 2 N–H and O–H groups in total. The Balaban J connectivity index is 2.11. The predicted molar refractivity (Wildman–Crippen MR) is 81.2 cm³/mol. The fraction of sp³-hybridized carbons (Fsp3) is 0.188. The lowest BCUT2D eigenvalue weighted by Gasteiger charge is -2.12. The van der Waals surface area contributed by atoms with Crippen LogP contribution in [0.2, 0.25) is 0 Å². The highest BCUT2D eigenvalue weighted by atomic mass is 35.5. The predicted octanol–water partition coefficient (Wildman–Crippen LogP) is 3.87. The zero-order chi connectivity index (χ0) is 14.5. The van der Waals surface area contributed by atoms with Crippen LogP contribution in [-0.2, 0) is 11.2 Å². The van der Waals surface area contributed by atoms with Crippen LogP contribution in [0.3, 0.4) is 0 Å². The number of alkyl halides is 1. The van der Waals surface area contributed by atoms with E-state index in [0.29, 0.717) is 11.3 Å². The first-order chi connectivity index (χ1) is 9.58. The second-order valence-corrected chi connectivity index (χ2v) is 5.21. The van der Waals surface area contributed by atoms with Crippen molar-refractivity contribution in [2.75, 3.05) is 5.32 Å². The number of phenols is 1. The van der Waals surface area contributed by atoms with Gasteiger partial charge >= 0.3 is 0 Å². The molecule has 0 aliphatic rings. The summed E-state index contributed by atoms with van der Waals surface area (Å²) in [6.07, 6.45) is 0.123. The van der Waals surface area contributed by atoms with Gasteiger partial charge in [-0.25, -0.2) is 0 Å². The van der Waals surface area contributed by atoms with Crippen molar-refractivity contribution in [2.45, 2.75) is 18.7 Å². The van der Waals surface area contributed by atoms with Gasteiger partial charge in [0.1, 0.15) is 5.75 Å². The van der Waals surface area contributed by atoms with Crippen molar-refractivity contribution < 1.29 is 9.90 Å². The minimum Gasteiger partial charge on any atom is -0.508 e. The first kappa shape index (κ1) is 14.4.